The number of aryl methyl sites for hydroxylation is 1. The lowest BCUT2D eigenvalue weighted by molar-refractivity contribution is -0.0698. The van der Waals surface area contributed by atoms with Gasteiger partial charge in [0.05, 0.1) is 12.7 Å². The molecular formula is C22H32N2O2. The van der Waals surface area contributed by atoms with E-state index in [0.717, 1.165) is 51.9 Å². The Bertz CT molecular complexity index is 594. The molecule has 0 amide bonds. The van der Waals surface area contributed by atoms with Gasteiger partial charge in [0.15, 0.2) is 0 Å². The quantitative estimate of drug-likeness (QED) is 0.795. The molecule has 1 heterocycles. The zero-order chi connectivity index (χ0) is 18.4. The number of aliphatic hydroxyl groups is 1. The minimum Gasteiger partial charge on any atom is -0.389 e. The Morgan fingerprint density at radius 1 is 1.12 bits per heavy atom. The number of β-amino-alcohol motifs (C(OH)–C–C–N with tert-alkyl or cyclic N) is 1. The molecule has 0 bridgehead atoms. The van der Waals surface area contributed by atoms with Crippen LogP contribution < -0.4 is 4.90 Å². The first-order chi connectivity index (χ1) is 12.6. The zero-order valence-corrected chi connectivity index (χ0v) is 16.0. The van der Waals surface area contributed by atoms with Gasteiger partial charge in [0.25, 0.3) is 0 Å². The molecular weight excluding hydrogens is 324 g/mol. The largest absolute Gasteiger partial charge is 0.389 e. The summed E-state index contributed by atoms with van der Waals surface area (Å²) in [4.78, 5) is 4.73. The number of benzene rings is 1. The highest BCUT2D eigenvalue weighted by Crippen LogP contribution is 2.31. The molecule has 1 saturated carbocycles. The van der Waals surface area contributed by atoms with Crippen LogP contribution in [-0.4, -0.2) is 61.0 Å². The first-order valence-electron chi connectivity index (χ1n) is 9.94. The Balaban J connectivity index is 1.41. The molecule has 1 aromatic carbocycles. The maximum atomic E-state index is 10.4. The van der Waals surface area contributed by atoms with Crippen LogP contribution in [0.4, 0.5) is 5.69 Å². The Labute approximate surface area is 158 Å². The third kappa shape index (κ3) is 5.01. The van der Waals surface area contributed by atoms with Crippen LogP contribution in [0.5, 0.6) is 0 Å². The predicted octanol–water partition coefficient (Wildman–Crippen LogP) is 2.83. The van der Waals surface area contributed by atoms with Gasteiger partial charge in [-0.15, -0.1) is 6.42 Å². The standard InChI is InChI=1S/C22H32N2O2/c1-3-22(11-5-4-6-12-22)26-18-21(25)17-23-13-15-24(16-14-23)20-9-7-19(2)8-10-20/h1,7-10,21,25H,4-6,11-18H2,2H3. The molecule has 1 aliphatic carbocycles. The fourth-order valence-electron chi connectivity index (χ4n) is 4.00. The summed E-state index contributed by atoms with van der Waals surface area (Å²) >= 11 is 0. The fourth-order valence-corrected chi connectivity index (χ4v) is 4.00. The maximum Gasteiger partial charge on any atom is 0.128 e. The lowest BCUT2D eigenvalue weighted by atomic mass is 9.85. The molecule has 1 atom stereocenters. The van der Waals surface area contributed by atoms with E-state index >= 15 is 0 Å². The first kappa shape index (κ1) is 19.2. The molecule has 4 nitrogen and oxygen atoms in total. The van der Waals surface area contributed by atoms with Gasteiger partial charge >= 0.3 is 0 Å². The number of rotatable bonds is 6. The van der Waals surface area contributed by atoms with Gasteiger partial charge in [-0.2, -0.15) is 0 Å². The third-order valence-electron chi connectivity index (χ3n) is 5.72. The van der Waals surface area contributed by atoms with Crippen LogP contribution in [0.3, 0.4) is 0 Å². The third-order valence-corrected chi connectivity index (χ3v) is 5.72. The number of anilines is 1. The molecule has 0 radical (unpaired) electrons. The molecule has 1 saturated heterocycles. The highest BCUT2D eigenvalue weighted by atomic mass is 16.5. The molecule has 4 heteroatoms. The van der Waals surface area contributed by atoms with Crippen molar-refractivity contribution < 1.29 is 9.84 Å². The van der Waals surface area contributed by atoms with E-state index in [1.54, 1.807) is 0 Å². The van der Waals surface area contributed by atoms with Crippen molar-refractivity contribution in [3.63, 3.8) is 0 Å². The molecule has 1 aromatic rings. The zero-order valence-electron chi connectivity index (χ0n) is 16.0. The van der Waals surface area contributed by atoms with Crippen LogP contribution >= 0.6 is 0 Å². The van der Waals surface area contributed by atoms with E-state index in [1.807, 2.05) is 0 Å². The minimum absolute atomic E-state index is 0.336. The van der Waals surface area contributed by atoms with Crippen molar-refractivity contribution in [1.29, 1.82) is 0 Å². The van der Waals surface area contributed by atoms with Crippen molar-refractivity contribution in [1.82, 2.24) is 4.90 Å². The van der Waals surface area contributed by atoms with E-state index in [4.69, 9.17) is 11.2 Å². The second-order valence-electron chi connectivity index (χ2n) is 7.79. The SMILES string of the molecule is C#CC1(OCC(O)CN2CCN(c3ccc(C)cc3)CC2)CCCCC1. The Morgan fingerprint density at radius 2 is 1.77 bits per heavy atom. The maximum absolute atomic E-state index is 10.4. The van der Waals surface area contributed by atoms with Crippen LogP contribution in [0.1, 0.15) is 37.7 Å². The van der Waals surface area contributed by atoms with Crippen molar-refractivity contribution in [3.05, 3.63) is 29.8 Å². The average molecular weight is 357 g/mol. The van der Waals surface area contributed by atoms with Gasteiger partial charge in [0.1, 0.15) is 5.60 Å². The summed E-state index contributed by atoms with van der Waals surface area (Å²) < 4.78 is 6.00. The van der Waals surface area contributed by atoms with Gasteiger partial charge in [-0.25, -0.2) is 0 Å². The van der Waals surface area contributed by atoms with Crippen molar-refractivity contribution >= 4 is 5.69 Å². The number of nitrogens with zero attached hydrogens (tertiary/aromatic N) is 2. The van der Waals surface area contributed by atoms with Crippen molar-refractivity contribution in [2.75, 3.05) is 44.2 Å². The first-order valence-corrected chi connectivity index (χ1v) is 9.94. The van der Waals surface area contributed by atoms with E-state index in [-0.39, 0.29) is 0 Å². The van der Waals surface area contributed by atoms with Crippen LogP contribution in [0, 0.1) is 19.3 Å². The number of aliphatic hydroxyl groups excluding tert-OH is 1. The molecule has 2 aliphatic rings. The topological polar surface area (TPSA) is 35.9 Å². The van der Waals surface area contributed by atoms with Crippen LogP contribution in [0.15, 0.2) is 24.3 Å². The van der Waals surface area contributed by atoms with Crippen LogP contribution in [0.25, 0.3) is 0 Å². The van der Waals surface area contributed by atoms with Gasteiger partial charge in [0.2, 0.25) is 0 Å². The van der Waals surface area contributed by atoms with E-state index in [2.05, 4.69) is 46.9 Å². The van der Waals surface area contributed by atoms with E-state index < -0.39 is 11.7 Å². The van der Waals surface area contributed by atoms with Crippen molar-refractivity contribution in [2.24, 2.45) is 0 Å². The number of ether oxygens (including phenoxy) is 1. The number of terminal acetylenes is 1. The molecule has 1 aliphatic heterocycles. The Hall–Kier alpha value is -1.54. The minimum atomic E-state index is -0.479. The Kier molecular flexibility index (Phi) is 6.58. The van der Waals surface area contributed by atoms with E-state index in [9.17, 15) is 5.11 Å². The summed E-state index contributed by atoms with van der Waals surface area (Å²) in [6.45, 7) is 7.01. The lowest BCUT2D eigenvalue weighted by Crippen LogP contribution is -2.49. The van der Waals surface area contributed by atoms with Crippen molar-refractivity contribution in [3.8, 4) is 12.3 Å². The lowest BCUT2D eigenvalue weighted by Gasteiger charge is -2.37. The van der Waals surface area contributed by atoms with E-state index in [0.29, 0.717) is 13.2 Å². The second kappa shape index (κ2) is 8.90. The number of hydrogen-bond donors (Lipinski definition) is 1. The highest BCUT2D eigenvalue weighted by molar-refractivity contribution is 5.47. The van der Waals surface area contributed by atoms with Gasteiger partial charge in [-0.05, 0) is 44.7 Å². The molecule has 0 spiro atoms. The number of piperazine rings is 1. The second-order valence-corrected chi connectivity index (χ2v) is 7.79. The fraction of sp³-hybridized carbons (Fsp3) is 0.636. The van der Waals surface area contributed by atoms with Gasteiger partial charge in [0, 0.05) is 38.4 Å². The molecule has 3 rings (SSSR count). The predicted molar refractivity (Wildman–Crippen MR) is 106 cm³/mol. The molecule has 1 N–H and O–H groups in total. The normalized spacial score (nSPS) is 22.0. The monoisotopic (exact) mass is 356 g/mol. The van der Waals surface area contributed by atoms with Gasteiger partial charge < -0.3 is 14.7 Å². The smallest absolute Gasteiger partial charge is 0.128 e. The van der Waals surface area contributed by atoms with Gasteiger partial charge in [-0.3, -0.25) is 4.90 Å². The summed E-state index contributed by atoms with van der Waals surface area (Å²) in [5.41, 5.74) is 2.13. The molecule has 1 unspecified atom stereocenters. The summed E-state index contributed by atoms with van der Waals surface area (Å²) in [6.07, 6.45) is 10.6. The van der Waals surface area contributed by atoms with Gasteiger partial charge in [-0.1, -0.05) is 30.0 Å². The summed E-state index contributed by atoms with van der Waals surface area (Å²) in [7, 11) is 0. The van der Waals surface area contributed by atoms with Crippen molar-refractivity contribution in [2.45, 2.75) is 50.7 Å². The average Bonchev–Trinajstić information content (AvgIpc) is 2.68. The summed E-state index contributed by atoms with van der Waals surface area (Å²) in [5, 5.41) is 10.4. The summed E-state index contributed by atoms with van der Waals surface area (Å²) in [5.74, 6) is 2.85. The number of hydrogen-bond acceptors (Lipinski definition) is 4. The summed E-state index contributed by atoms with van der Waals surface area (Å²) in [6, 6.07) is 8.71. The molecule has 0 aromatic heterocycles. The highest BCUT2D eigenvalue weighted by Gasteiger charge is 2.31. The van der Waals surface area contributed by atoms with Crippen LogP contribution in [0.2, 0.25) is 0 Å². The molecule has 2 fully saturated rings. The molecule has 142 valence electrons. The molecule has 26 heavy (non-hydrogen) atoms. The van der Waals surface area contributed by atoms with Crippen LogP contribution in [-0.2, 0) is 4.74 Å². The van der Waals surface area contributed by atoms with E-state index in [1.165, 1.54) is 17.7 Å². The Morgan fingerprint density at radius 3 is 2.38 bits per heavy atom.